The molecule has 0 aliphatic carbocycles. The fourth-order valence-electron chi connectivity index (χ4n) is 1.57. The molecule has 0 spiro atoms. The molecule has 1 aliphatic heterocycles. The van der Waals surface area contributed by atoms with Crippen molar-refractivity contribution in [2.75, 3.05) is 37.0 Å². The van der Waals surface area contributed by atoms with Gasteiger partial charge in [-0.2, -0.15) is 0 Å². The summed E-state index contributed by atoms with van der Waals surface area (Å²) in [5.74, 6) is 1.58. The zero-order valence-electron chi connectivity index (χ0n) is 9.55. The Bertz CT molecular complexity index is 424. The highest BCUT2D eigenvalue weighted by molar-refractivity contribution is 7.85. The van der Waals surface area contributed by atoms with Gasteiger partial charge in [-0.3, -0.25) is 9.00 Å². The number of hydrogen-bond acceptors (Lipinski definition) is 5. The average molecular weight is 254 g/mol. The molecule has 1 fully saturated rings. The zero-order valence-corrected chi connectivity index (χ0v) is 10.4. The van der Waals surface area contributed by atoms with Crippen molar-refractivity contribution < 1.29 is 9.00 Å². The van der Waals surface area contributed by atoms with Crippen LogP contribution in [0.25, 0.3) is 0 Å². The number of amides is 1. The van der Waals surface area contributed by atoms with Gasteiger partial charge in [0.15, 0.2) is 0 Å². The number of rotatable bonds is 2. The number of carbonyl (C=O) groups excluding carboxylic acids is 1. The molecule has 0 saturated carbocycles. The van der Waals surface area contributed by atoms with Crippen molar-refractivity contribution in [3.05, 3.63) is 18.1 Å². The van der Waals surface area contributed by atoms with Crippen LogP contribution in [-0.2, 0) is 10.8 Å². The highest BCUT2D eigenvalue weighted by atomic mass is 32.2. The van der Waals surface area contributed by atoms with Gasteiger partial charge in [0.25, 0.3) is 5.91 Å². The lowest BCUT2D eigenvalue weighted by Gasteiger charge is -2.25. The summed E-state index contributed by atoms with van der Waals surface area (Å²) in [6.45, 7) is 1.06. The van der Waals surface area contributed by atoms with E-state index in [4.69, 9.17) is 0 Å². The van der Waals surface area contributed by atoms with E-state index in [1.165, 1.54) is 12.4 Å². The van der Waals surface area contributed by atoms with Crippen LogP contribution in [0, 0.1) is 0 Å². The Morgan fingerprint density at radius 3 is 2.59 bits per heavy atom. The molecule has 2 heterocycles. The van der Waals surface area contributed by atoms with Crippen molar-refractivity contribution in [2.45, 2.75) is 0 Å². The third-order valence-corrected chi connectivity index (χ3v) is 3.87. The maximum atomic E-state index is 12.0. The smallest absolute Gasteiger partial charge is 0.274 e. The van der Waals surface area contributed by atoms with Crippen molar-refractivity contribution >= 4 is 22.5 Å². The standard InChI is InChI=1S/C10H14N4O2S/c1-11-9-7-12-8(6-13-9)10(15)14-2-4-17(16)5-3-14/h6-7H,2-5H2,1H3,(H,11,13). The molecule has 0 bridgehead atoms. The lowest BCUT2D eigenvalue weighted by atomic mass is 10.3. The topological polar surface area (TPSA) is 75.2 Å². The first kappa shape index (κ1) is 12.0. The quantitative estimate of drug-likeness (QED) is 0.786. The first-order chi connectivity index (χ1) is 8.20. The van der Waals surface area contributed by atoms with Gasteiger partial charge in [-0.05, 0) is 0 Å². The second kappa shape index (κ2) is 5.22. The second-order valence-electron chi connectivity index (χ2n) is 3.68. The lowest BCUT2D eigenvalue weighted by molar-refractivity contribution is 0.0765. The average Bonchev–Trinajstić information content (AvgIpc) is 2.39. The van der Waals surface area contributed by atoms with E-state index in [9.17, 15) is 9.00 Å². The van der Waals surface area contributed by atoms with Crippen LogP contribution in [0.5, 0.6) is 0 Å². The highest BCUT2D eigenvalue weighted by Gasteiger charge is 2.22. The summed E-state index contributed by atoms with van der Waals surface area (Å²) >= 11 is 0. The Hall–Kier alpha value is -1.50. The number of nitrogens with zero attached hydrogens (tertiary/aromatic N) is 3. The van der Waals surface area contributed by atoms with E-state index < -0.39 is 10.8 Å². The highest BCUT2D eigenvalue weighted by Crippen LogP contribution is 2.07. The number of carbonyl (C=O) groups is 1. The molecule has 0 atom stereocenters. The van der Waals surface area contributed by atoms with Gasteiger partial charge in [-0.25, -0.2) is 9.97 Å². The van der Waals surface area contributed by atoms with Crippen molar-refractivity contribution in [1.82, 2.24) is 14.9 Å². The van der Waals surface area contributed by atoms with Crippen LogP contribution in [-0.4, -0.2) is 56.6 Å². The Morgan fingerprint density at radius 1 is 1.35 bits per heavy atom. The van der Waals surface area contributed by atoms with Gasteiger partial charge in [0.05, 0.1) is 12.4 Å². The number of hydrogen-bond donors (Lipinski definition) is 1. The molecule has 0 unspecified atom stereocenters. The van der Waals surface area contributed by atoms with Gasteiger partial charge in [0, 0.05) is 42.4 Å². The zero-order chi connectivity index (χ0) is 12.3. The maximum Gasteiger partial charge on any atom is 0.274 e. The Balaban J connectivity index is 2.05. The van der Waals surface area contributed by atoms with Crippen LogP contribution < -0.4 is 5.32 Å². The maximum absolute atomic E-state index is 12.0. The first-order valence-corrected chi connectivity index (χ1v) is 6.83. The van der Waals surface area contributed by atoms with Crippen LogP contribution in [0.4, 0.5) is 5.82 Å². The summed E-state index contributed by atoms with van der Waals surface area (Å²) in [5, 5.41) is 2.84. The molecule has 1 aliphatic rings. The van der Waals surface area contributed by atoms with E-state index in [0.29, 0.717) is 36.1 Å². The molecule has 7 heteroatoms. The second-order valence-corrected chi connectivity index (χ2v) is 5.37. The third kappa shape index (κ3) is 2.79. The molecule has 1 aromatic heterocycles. The molecule has 1 amide bonds. The summed E-state index contributed by atoms with van der Waals surface area (Å²) < 4.78 is 11.2. The molecule has 1 aromatic rings. The summed E-state index contributed by atoms with van der Waals surface area (Å²) in [5.41, 5.74) is 0.330. The summed E-state index contributed by atoms with van der Waals surface area (Å²) in [7, 11) is 0.963. The van der Waals surface area contributed by atoms with Gasteiger partial charge in [0.2, 0.25) is 0 Å². The van der Waals surface area contributed by atoms with Crippen molar-refractivity contribution in [1.29, 1.82) is 0 Å². The predicted molar refractivity (Wildman–Crippen MR) is 65.4 cm³/mol. The van der Waals surface area contributed by atoms with Crippen LogP contribution in [0.3, 0.4) is 0 Å². The van der Waals surface area contributed by atoms with Crippen LogP contribution in [0.1, 0.15) is 10.5 Å². The number of aromatic nitrogens is 2. The lowest BCUT2D eigenvalue weighted by Crippen LogP contribution is -2.42. The Kier molecular flexibility index (Phi) is 3.68. The molecule has 6 nitrogen and oxygen atoms in total. The SMILES string of the molecule is CNc1cnc(C(=O)N2CCS(=O)CC2)cn1. The minimum absolute atomic E-state index is 0.142. The molecule has 92 valence electrons. The molecule has 1 saturated heterocycles. The molecular weight excluding hydrogens is 240 g/mol. The molecule has 0 aromatic carbocycles. The van der Waals surface area contributed by atoms with Crippen molar-refractivity contribution in [3.63, 3.8) is 0 Å². The molecule has 2 rings (SSSR count). The molecular formula is C10H14N4O2S. The van der Waals surface area contributed by atoms with E-state index in [1.54, 1.807) is 11.9 Å². The van der Waals surface area contributed by atoms with E-state index in [1.807, 2.05) is 0 Å². The summed E-state index contributed by atoms with van der Waals surface area (Å²) in [6, 6.07) is 0. The van der Waals surface area contributed by atoms with E-state index in [-0.39, 0.29) is 5.91 Å². The van der Waals surface area contributed by atoms with E-state index >= 15 is 0 Å². The largest absolute Gasteiger partial charge is 0.372 e. The van der Waals surface area contributed by atoms with E-state index in [2.05, 4.69) is 15.3 Å². The van der Waals surface area contributed by atoms with Crippen molar-refractivity contribution in [3.8, 4) is 0 Å². The minimum Gasteiger partial charge on any atom is -0.372 e. The van der Waals surface area contributed by atoms with Gasteiger partial charge < -0.3 is 10.2 Å². The van der Waals surface area contributed by atoms with Gasteiger partial charge in [-0.1, -0.05) is 0 Å². The Labute approximate surface area is 102 Å². The van der Waals surface area contributed by atoms with Gasteiger partial charge in [-0.15, -0.1) is 0 Å². The normalized spacial score (nSPS) is 16.9. The molecule has 0 radical (unpaired) electrons. The number of anilines is 1. The van der Waals surface area contributed by atoms with Crippen molar-refractivity contribution in [2.24, 2.45) is 0 Å². The van der Waals surface area contributed by atoms with Crippen LogP contribution >= 0.6 is 0 Å². The van der Waals surface area contributed by atoms with Gasteiger partial charge >= 0.3 is 0 Å². The molecule has 1 N–H and O–H groups in total. The first-order valence-electron chi connectivity index (χ1n) is 5.35. The van der Waals surface area contributed by atoms with E-state index in [0.717, 1.165) is 0 Å². The summed E-state index contributed by atoms with van der Waals surface area (Å²) in [6.07, 6.45) is 2.98. The summed E-state index contributed by atoms with van der Waals surface area (Å²) in [4.78, 5) is 21.8. The fraction of sp³-hybridized carbons (Fsp3) is 0.500. The third-order valence-electron chi connectivity index (χ3n) is 2.59. The van der Waals surface area contributed by atoms with Gasteiger partial charge in [0.1, 0.15) is 11.5 Å². The van der Waals surface area contributed by atoms with Crippen LogP contribution in [0.15, 0.2) is 12.4 Å². The van der Waals surface area contributed by atoms with Crippen LogP contribution in [0.2, 0.25) is 0 Å². The Morgan fingerprint density at radius 2 is 2.06 bits per heavy atom. The predicted octanol–water partition coefficient (Wildman–Crippen LogP) is -0.277. The minimum atomic E-state index is -0.779. The molecule has 17 heavy (non-hydrogen) atoms. The fourth-order valence-corrected chi connectivity index (χ4v) is 2.62. The monoisotopic (exact) mass is 254 g/mol. The number of nitrogens with one attached hydrogen (secondary N) is 1.